The van der Waals surface area contributed by atoms with Gasteiger partial charge in [0.25, 0.3) is 0 Å². The number of amides is 1. The predicted octanol–water partition coefficient (Wildman–Crippen LogP) is 1.60. The summed E-state index contributed by atoms with van der Waals surface area (Å²) in [7, 11) is 2.87. The van der Waals surface area contributed by atoms with Crippen LogP contribution in [0.1, 0.15) is 5.56 Å². The van der Waals surface area contributed by atoms with Crippen molar-refractivity contribution in [3.63, 3.8) is 0 Å². The molecule has 0 aliphatic rings. The van der Waals surface area contributed by atoms with Crippen molar-refractivity contribution < 1.29 is 19.1 Å². The SMILES string of the molecule is COCCN(CC(=O)OC)C(=O)Cn1cc(C)c2ccccc21. The molecule has 0 bridgehead atoms. The summed E-state index contributed by atoms with van der Waals surface area (Å²) < 4.78 is 11.6. The molecule has 0 fully saturated rings. The van der Waals surface area contributed by atoms with Gasteiger partial charge in [-0.1, -0.05) is 18.2 Å². The minimum Gasteiger partial charge on any atom is -0.468 e. The van der Waals surface area contributed by atoms with E-state index in [0.717, 1.165) is 16.5 Å². The Labute approximate surface area is 135 Å². The van der Waals surface area contributed by atoms with Gasteiger partial charge in [-0.15, -0.1) is 0 Å². The first-order chi connectivity index (χ1) is 11.1. The molecule has 2 aromatic rings. The van der Waals surface area contributed by atoms with Gasteiger partial charge in [-0.25, -0.2) is 0 Å². The van der Waals surface area contributed by atoms with Crippen molar-refractivity contribution in [3.8, 4) is 0 Å². The van der Waals surface area contributed by atoms with Gasteiger partial charge in [0.05, 0.1) is 13.7 Å². The van der Waals surface area contributed by atoms with E-state index < -0.39 is 5.97 Å². The first kappa shape index (κ1) is 17.0. The quantitative estimate of drug-likeness (QED) is 0.728. The van der Waals surface area contributed by atoms with Crippen molar-refractivity contribution in [2.75, 3.05) is 33.9 Å². The number of methoxy groups -OCH3 is 2. The molecule has 0 saturated heterocycles. The second-order valence-corrected chi connectivity index (χ2v) is 5.34. The number of rotatable bonds is 7. The normalized spacial score (nSPS) is 10.7. The van der Waals surface area contributed by atoms with Crippen LogP contribution in [0.25, 0.3) is 10.9 Å². The molecule has 1 heterocycles. The van der Waals surface area contributed by atoms with Crippen molar-refractivity contribution in [1.29, 1.82) is 0 Å². The van der Waals surface area contributed by atoms with Crippen molar-refractivity contribution in [2.45, 2.75) is 13.5 Å². The van der Waals surface area contributed by atoms with Crippen LogP contribution in [0.4, 0.5) is 0 Å². The number of hydrogen-bond donors (Lipinski definition) is 0. The van der Waals surface area contributed by atoms with E-state index >= 15 is 0 Å². The molecule has 0 radical (unpaired) electrons. The first-order valence-corrected chi connectivity index (χ1v) is 7.44. The van der Waals surface area contributed by atoms with E-state index in [9.17, 15) is 9.59 Å². The van der Waals surface area contributed by atoms with Gasteiger partial charge in [-0.3, -0.25) is 9.59 Å². The van der Waals surface area contributed by atoms with Gasteiger partial charge in [0.15, 0.2) is 0 Å². The summed E-state index contributed by atoms with van der Waals surface area (Å²) in [5.41, 5.74) is 2.12. The fourth-order valence-corrected chi connectivity index (χ4v) is 2.52. The second-order valence-electron chi connectivity index (χ2n) is 5.34. The van der Waals surface area contributed by atoms with Crippen molar-refractivity contribution in [2.24, 2.45) is 0 Å². The van der Waals surface area contributed by atoms with E-state index in [0.29, 0.717) is 13.2 Å². The highest BCUT2D eigenvalue weighted by Crippen LogP contribution is 2.20. The Hall–Kier alpha value is -2.34. The predicted molar refractivity (Wildman–Crippen MR) is 87.1 cm³/mol. The molecule has 0 unspecified atom stereocenters. The van der Waals surface area contributed by atoms with Crippen LogP contribution in [-0.4, -0.2) is 55.3 Å². The Morgan fingerprint density at radius 1 is 1.22 bits per heavy atom. The molecule has 124 valence electrons. The number of benzene rings is 1. The van der Waals surface area contributed by atoms with E-state index in [2.05, 4.69) is 4.74 Å². The van der Waals surface area contributed by atoms with E-state index in [-0.39, 0.29) is 19.0 Å². The van der Waals surface area contributed by atoms with Crippen LogP contribution < -0.4 is 0 Å². The zero-order valence-electron chi connectivity index (χ0n) is 13.7. The van der Waals surface area contributed by atoms with Crippen LogP contribution >= 0.6 is 0 Å². The fourth-order valence-electron chi connectivity index (χ4n) is 2.52. The van der Waals surface area contributed by atoms with Gasteiger partial charge in [-0.2, -0.15) is 0 Å². The molecule has 1 aromatic carbocycles. The molecule has 0 N–H and O–H groups in total. The Morgan fingerprint density at radius 3 is 2.65 bits per heavy atom. The summed E-state index contributed by atoms with van der Waals surface area (Å²) in [6.45, 7) is 2.84. The molecule has 0 aliphatic heterocycles. The molecule has 6 heteroatoms. The number of hydrogen-bond acceptors (Lipinski definition) is 4. The van der Waals surface area contributed by atoms with E-state index in [1.165, 1.54) is 12.0 Å². The van der Waals surface area contributed by atoms with Crippen LogP contribution in [0.5, 0.6) is 0 Å². The lowest BCUT2D eigenvalue weighted by atomic mass is 10.2. The number of carbonyl (C=O) groups excluding carboxylic acids is 2. The number of para-hydroxylation sites is 1. The van der Waals surface area contributed by atoms with E-state index in [1.54, 1.807) is 7.11 Å². The molecule has 0 spiro atoms. The molecular weight excluding hydrogens is 296 g/mol. The Balaban J connectivity index is 2.17. The van der Waals surface area contributed by atoms with Crippen molar-refractivity contribution in [1.82, 2.24) is 9.47 Å². The summed E-state index contributed by atoms with van der Waals surface area (Å²) in [4.78, 5) is 25.5. The average molecular weight is 318 g/mol. The summed E-state index contributed by atoms with van der Waals surface area (Å²) >= 11 is 0. The van der Waals surface area contributed by atoms with Crippen molar-refractivity contribution in [3.05, 3.63) is 36.0 Å². The monoisotopic (exact) mass is 318 g/mol. The highest BCUT2D eigenvalue weighted by atomic mass is 16.5. The van der Waals surface area contributed by atoms with Gasteiger partial charge in [-0.05, 0) is 18.6 Å². The van der Waals surface area contributed by atoms with Gasteiger partial charge < -0.3 is 18.9 Å². The maximum atomic E-state index is 12.6. The standard InChI is InChI=1S/C17H22N2O4/c1-13-10-19(15-7-5-4-6-14(13)15)11-16(20)18(8-9-22-2)12-17(21)23-3/h4-7,10H,8-9,11-12H2,1-3H3. The zero-order valence-corrected chi connectivity index (χ0v) is 13.7. The zero-order chi connectivity index (χ0) is 16.8. The molecule has 1 amide bonds. The minimum atomic E-state index is -0.442. The fraction of sp³-hybridized carbons (Fsp3) is 0.412. The highest BCUT2D eigenvalue weighted by Gasteiger charge is 2.18. The molecule has 0 saturated carbocycles. The Morgan fingerprint density at radius 2 is 1.96 bits per heavy atom. The van der Waals surface area contributed by atoms with Crippen LogP contribution in [0, 0.1) is 6.92 Å². The topological polar surface area (TPSA) is 60.8 Å². The summed E-state index contributed by atoms with van der Waals surface area (Å²) in [6, 6.07) is 7.93. The van der Waals surface area contributed by atoms with E-state index in [4.69, 9.17) is 4.74 Å². The number of fused-ring (bicyclic) bond motifs is 1. The molecule has 23 heavy (non-hydrogen) atoms. The largest absolute Gasteiger partial charge is 0.468 e. The van der Waals surface area contributed by atoms with Crippen LogP contribution in [0.2, 0.25) is 0 Å². The maximum absolute atomic E-state index is 12.6. The van der Waals surface area contributed by atoms with Gasteiger partial charge in [0, 0.05) is 30.8 Å². The third-order valence-corrected chi connectivity index (χ3v) is 3.76. The minimum absolute atomic E-state index is 0.0725. The van der Waals surface area contributed by atoms with Gasteiger partial charge in [0.2, 0.25) is 5.91 Å². The molecular formula is C17H22N2O4. The number of carbonyl (C=O) groups is 2. The van der Waals surface area contributed by atoms with Gasteiger partial charge >= 0.3 is 5.97 Å². The number of nitrogens with zero attached hydrogens (tertiary/aromatic N) is 2. The van der Waals surface area contributed by atoms with Crippen molar-refractivity contribution >= 4 is 22.8 Å². The second kappa shape index (κ2) is 7.78. The maximum Gasteiger partial charge on any atom is 0.325 e. The van der Waals surface area contributed by atoms with Crippen LogP contribution in [-0.2, 0) is 25.6 Å². The third-order valence-electron chi connectivity index (χ3n) is 3.76. The molecule has 0 aliphatic carbocycles. The first-order valence-electron chi connectivity index (χ1n) is 7.44. The lowest BCUT2D eigenvalue weighted by Gasteiger charge is -2.21. The molecule has 0 atom stereocenters. The highest BCUT2D eigenvalue weighted by molar-refractivity contribution is 5.87. The number of esters is 1. The lowest BCUT2D eigenvalue weighted by Crippen LogP contribution is -2.40. The third kappa shape index (κ3) is 4.10. The number of aryl methyl sites for hydroxylation is 1. The Kier molecular flexibility index (Phi) is 5.76. The summed E-state index contributed by atoms with van der Waals surface area (Å²) in [5.74, 6) is -0.587. The lowest BCUT2D eigenvalue weighted by molar-refractivity contribution is -0.147. The smallest absolute Gasteiger partial charge is 0.325 e. The summed E-state index contributed by atoms with van der Waals surface area (Å²) in [5, 5.41) is 1.12. The molecule has 2 rings (SSSR count). The van der Waals surface area contributed by atoms with Crippen LogP contribution in [0.15, 0.2) is 30.5 Å². The van der Waals surface area contributed by atoms with Crippen LogP contribution in [0.3, 0.4) is 0 Å². The average Bonchev–Trinajstić information content (AvgIpc) is 2.87. The van der Waals surface area contributed by atoms with Gasteiger partial charge in [0.1, 0.15) is 13.1 Å². The van der Waals surface area contributed by atoms with E-state index in [1.807, 2.05) is 42.0 Å². The molecule has 6 nitrogen and oxygen atoms in total. The Bertz CT molecular complexity index is 693. The summed E-state index contributed by atoms with van der Waals surface area (Å²) in [6.07, 6.45) is 1.95. The number of aromatic nitrogens is 1. The molecule has 1 aromatic heterocycles. The number of ether oxygens (including phenoxy) is 2.